The highest BCUT2D eigenvalue weighted by molar-refractivity contribution is 4.64. The van der Waals surface area contributed by atoms with E-state index in [0.717, 1.165) is 30.7 Å². The summed E-state index contributed by atoms with van der Waals surface area (Å²) in [6.07, 6.45) is 0. The van der Waals surface area contributed by atoms with Crippen molar-refractivity contribution in [2.75, 3.05) is 74.5 Å². The van der Waals surface area contributed by atoms with Crippen LogP contribution in [0, 0.1) is 0 Å². The fourth-order valence-corrected chi connectivity index (χ4v) is 1.71. The molecular weight excluding hydrogens is 224 g/mol. The lowest BCUT2D eigenvalue weighted by molar-refractivity contribution is -0.869. The maximum atomic E-state index is 3.51. The lowest BCUT2D eigenvalue weighted by atomic mass is 10.3. The monoisotopic (exact) mass is 259 g/mol. The van der Waals surface area contributed by atoms with Gasteiger partial charge in [-0.1, -0.05) is 0 Å². The first-order valence-corrected chi connectivity index (χ1v) is 7.12. The molecule has 0 aliphatic rings. The number of hydrogen-bond donors (Lipinski definition) is 1. The van der Waals surface area contributed by atoms with Crippen molar-refractivity contribution in [3.05, 3.63) is 0 Å². The molecule has 0 rings (SSSR count). The van der Waals surface area contributed by atoms with Crippen molar-refractivity contribution in [2.24, 2.45) is 0 Å². The van der Waals surface area contributed by atoms with Gasteiger partial charge in [0, 0.05) is 38.8 Å². The normalized spacial score (nSPS) is 13.0. The summed E-state index contributed by atoms with van der Waals surface area (Å²) >= 11 is 0. The second kappa shape index (κ2) is 8.86. The van der Waals surface area contributed by atoms with Crippen LogP contribution in [0.25, 0.3) is 0 Å². The molecule has 0 aliphatic heterocycles. The van der Waals surface area contributed by atoms with E-state index in [0.29, 0.717) is 6.04 Å². The van der Waals surface area contributed by atoms with Crippen LogP contribution in [0.2, 0.25) is 0 Å². The topological polar surface area (TPSA) is 18.5 Å². The number of quaternary nitrogens is 1. The maximum Gasteiger partial charge on any atom is 0.0909 e. The molecule has 0 atom stereocenters. The Bertz CT molecular complexity index is 196. The Morgan fingerprint density at radius 3 is 1.94 bits per heavy atom. The van der Waals surface area contributed by atoms with Gasteiger partial charge in [-0.25, -0.2) is 0 Å². The van der Waals surface area contributed by atoms with Crippen LogP contribution >= 0.6 is 0 Å². The van der Waals surface area contributed by atoms with Gasteiger partial charge in [0.15, 0.2) is 0 Å². The van der Waals surface area contributed by atoms with Crippen LogP contribution in [-0.2, 0) is 0 Å². The fraction of sp³-hybridized carbons (Fsp3) is 1.00. The van der Waals surface area contributed by atoms with E-state index in [1.165, 1.54) is 13.1 Å². The Balaban J connectivity index is 3.77. The summed E-state index contributed by atoms with van der Waals surface area (Å²) in [6, 6.07) is 0.632. The average Bonchev–Trinajstić information content (AvgIpc) is 2.19. The largest absolute Gasteiger partial charge is 0.330 e. The summed E-state index contributed by atoms with van der Waals surface area (Å²) in [5, 5.41) is 3.51. The van der Waals surface area contributed by atoms with E-state index >= 15 is 0 Å². The van der Waals surface area contributed by atoms with E-state index in [2.05, 4.69) is 64.2 Å². The van der Waals surface area contributed by atoms with Gasteiger partial charge in [0.05, 0.1) is 27.7 Å². The highest BCUT2D eigenvalue weighted by Gasteiger charge is 2.13. The van der Waals surface area contributed by atoms with Crippen LogP contribution in [0.5, 0.6) is 0 Å². The van der Waals surface area contributed by atoms with Gasteiger partial charge in [-0.05, 0) is 27.9 Å². The van der Waals surface area contributed by atoms with Crippen LogP contribution < -0.4 is 5.32 Å². The second-order valence-electron chi connectivity index (χ2n) is 6.70. The molecule has 0 saturated carbocycles. The molecule has 0 aromatic rings. The summed E-state index contributed by atoms with van der Waals surface area (Å²) in [6.45, 7) is 11.4. The SMILES string of the molecule is CC(C)N(CCNCCN(C)C)CC[N+](C)(C)C. The highest BCUT2D eigenvalue weighted by Crippen LogP contribution is 1.99. The number of nitrogens with one attached hydrogen (secondary N) is 1. The summed E-state index contributed by atoms with van der Waals surface area (Å²) in [5.41, 5.74) is 0. The number of likely N-dealkylation sites (N-methyl/N-ethyl adjacent to an activating group) is 2. The summed E-state index contributed by atoms with van der Waals surface area (Å²) < 4.78 is 1.04. The molecule has 0 saturated heterocycles. The van der Waals surface area contributed by atoms with Crippen molar-refractivity contribution < 1.29 is 4.48 Å². The fourth-order valence-electron chi connectivity index (χ4n) is 1.71. The van der Waals surface area contributed by atoms with Gasteiger partial charge >= 0.3 is 0 Å². The summed E-state index contributed by atoms with van der Waals surface area (Å²) in [4.78, 5) is 4.77. The first-order valence-electron chi connectivity index (χ1n) is 7.12. The third-order valence-corrected chi connectivity index (χ3v) is 3.10. The number of rotatable bonds is 10. The van der Waals surface area contributed by atoms with Crippen LogP contribution in [0.4, 0.5) is 0 Å². The van der Waals surface area contributed by atoms with Crippen molar-refractivity contribution in [2.45, 2.75) is 19.9 Å². The highest BCUT2D eigenvalue weighted by atomic mass is 15.3. The Labute approximate surface area is 115 Å². The molecule has 0 bridgehead atoms. The molecule has 1 N–H and O–H groups in total. The van der Waals surface area contributed by atoms with Gasteiger partial charge < -0.3 is 14.7 Å². The van der Waals surface area contributed by atoms with Crippen LogP contribution in [-0.4, -0.2) is 94.8 Å². The van der Waals surface area contributed by atoms with Crippen molar-refractivity contribution >= 4 is 0 Å². The van der Waals surface area contributed by atoms with Crippen LogP contribution in [0.1, 0.15) is 13.8 Å². The van der Waals surface area contributed by atoms with E-state index in [-0.39, 0.29) is 0 Å². The van der Waals surface area contributed by atoms with Crippen molar-refractivity contribution in [3.8, 4) is 0 Å². The van der Waals surface area contributed by atoms with E-state index in [1.54, 1.807) is 0 Å². The van der Waals surface area contributed by atoms with Crippen molar-refractivity contribution in [3.63, 3.8) is 0 Å². The predicted octanol–water partition coefficient (Wildman–Crippen LogP) is 0.554. The molecule has 0 aliphatic carbocycles. The van der Waals surface area contributed by atoms with Gasteiger partial charge in [-0.15, -0.1) is 0 Å². The molecule has 0 unspecified atom stereocenters. The number of hydrogen-bond acceptors (Lipinski definition) is 3. The molecule has 4 nitrogen and oxygen atoms in total. The van der Waals surface area contributed by atoms with Gasteiger partial charge in [0.25, 0.3) is 0 Å². The van der Waals surface area contributed by atoms with E-state index < -0.39 is 0 Å². The lowest BCUT2D eigenvalue weighted by Crippen LogP contribution is -2.46. The van der Waals surface area contributed by atoms with E-state index in [4.69, 9.17) is 0 Å². The molecular formula is C14H35N4+. The zero-order chi connectivity index (χ0) is 14.2. The average molecular weight is 259 g/mol. The maximum absolute atomic E-state index is 3.51. The standard InChI is InChI=1S/C14H35N4/c1-14(2)17(12-13-18(5,6)7)11-9-15-8-10-16(3)4/h14-15H,8-13H2,1-7H3/q+1. The zero-order valence-corrected chi connectivity index (χ0v) is 13.7. The Morgan fingerprint density at radius 2 is 1.50 bits per heavy atom. The third kappa shape index (κ3) is 11.0. The minimum atomic E-state index is 0.632. The number of nitrogens with zero attached hydrogens (tertiary/aromatic N) is 3. The molecule has 18 heavy (non-hydrogen) atoms. The molecule has 0 fully saturated rings. The Hall–Kier alpha value is -0.160. The van der Waals surface area contributed by atoms with E-state index in [1.807, 2.05) is 0 Å². The molecule has 0 spiro atoms. The van der Waals surface area contributed by atoms with Crippen LogP contribution in [0.15, 0.2) is 0 Å². The summed E-state index contributed by atoms with van der Waals surface area (Å²) in [5.74, 6) is 0. The van der Waals surface area contributed by atoms with Crippen molar-refractivity contribution in [1.29, 1.82) is 0 Å². The molecule has 0 heterocycles. The molecule has 0 aromatic heterocycles. The van der Waals surface area contributed by atoms with Gasteiger partial charge in [0.2, 0.25) is 0 Å². The second-order valence-corrected chi connectivity index (χ2v) is 6.70. The van der Waals surface area contributed by atoms with Crippen molar-refractivity contribution in [1.82, 2.24) is 15.1 Å². The lowest BCUT2D eigenvalue weighted by Gasteiger charge is -2.31. The third-order valence-electron chi connectivity index (χ3n) is 3.10. The predicted molar refractivity (Wildman–Crippen MR) is 81.0 cm³/mol. The molecule has 0 amide bonds. The molecule has 0 aromatic carbocycles. The Morgan fingerprint density at radius 1 is 0.944 bits per heavy atom. The van der Waals surface area contributed by atoms with Crippen LogP contribution in [0.3, 0.4) is 0 Å². The quantitative estimate of drug-likeness (QED) is 0.457. The first-order chi connectivity index (χ1) is 8.22. The van der Waals surface area contributed by atoms with Gasteiger partial charge in [-0.2, -0.15) is 0 Å². The minimum Gasteiger partial charge on any atom is -0.330 e. The minimum absolute atomic E-state index is 0.632. The van der Waals surface area contributed by atoms with E-state index in [9.17, 15) is 0 Å². The first kappa shape index (κ1) is 17.8. The summed E-state index contributed by atoms with van der Waals surface area (Å²) in [7, 11) is 11.0. The zero-order valence-electron chi connectivity index (χ0n) is 13.7. The molecule has 4 heteroatoms. The Kier molecular flexibility index (Phi) is 8.78. The van der Waals surface area contributed by atoms with Gasteiger partial charge in [-0.3, -0.25) is 4.90 Å². The van der Waals surface area contributed by atoms with Gasteiger partial charge in [0.1, 0.15) is 0 Å². The molecule has 0 radical (unpaired) electrons. The molecule has 110 valence electrons. The smallest absolute Gasteiger partial charge is 0.0909 e.